The molecule has 0 bridgehead atoms. The fraction of sp³-hybridized carbons (Fsp3) is 0.250. The molecule has 0 fully saturated rings. The number of nitrogens with one attached hydrogen (secondary N) is 1. The minimum absolute atomic E-state index is 0.0179. The van der Waals surface area contributed by atoms with Crippen LogP contribution in [0.1, 0.15) is 32.8 Å². The van der Waals surface area contributed by atoms with Crippen LogP contribution in [0.4, 0.5) is 0 Å². The second-order valence-electron chi connectivity index (χ2n) is 8.28. The highest BCUT2D eigenvalue weighted by molar-refractivity contribution is 7.18. The van der Waals surface area contributed by atoms with Crippen molar-refractivity contribution in [1.82, 2.24) is 10.3 Å². The van der Waals surface area contributed by atoms with Gasteiger partial charge >= 0.3 is 0 Å². The summed E-state index contributed by atoms with van der Waals surface area (Å²) in [5, 5.41) is 14.7. The maximum Gasteiger partial charge on any atom is 0.251 e. The van der Waals surface area contributed by atoms with Crippen molar-refractivity contribution in [2.24, 2.45) is 0 Å². The molecule has 0 atom stereocenters. The van der Waals surface area contributed by atoms with Crippen molar-refractivity contribution >= 4 is 33.1 Å². The molecule has 0 aliphatic heterocycles. The minimum Gasteiger partial charge on any atom is -0.497 e. The van der Waals surface area contributed by atoms with Gasteiger partial charge in [-0.3, -0.25) is 9.59 Å². The Morgan fingerprint density at radius 1 is 1.05 bits per heavy atom. The zero-order chi connectivity index (χ0) is 26.4. The third kappa shape index (κ3) is 5.90. The smallest absolute Gasteiger partial charge is 0.251 e. The summed E-state index contributed by atoms with van der Waals surface area (Å²) >= 11 is 1.63. The lowest BCUT2D eigenvalue weighted by molar-refractivity contribution is 0.0902. The monoisotopic (exact) mass is 520 g/mol. The number of thiophene rings is 1. The van der Waals surface area contributed by atoms with E-state index < -0.39 is 5.91 Å². The van der Waals surface area contributed by atoms with Crippen LogP contribution in [-0.2, 0) is 0 Å². The Balaban J connectivity index is 1.50. The number of hydrogen-bond acceptors (Lipinski definition) is 8. The van der Waals surface area contributed by atoms with Crippen molar-refractivity contribution in [3.63, 3.8) is 0 Å². The van der Waals surface area contributed by atoms with Gasteiger partial charge in [0, 0.05) is 51.8 Å². The van der Waals surface area contributed by atoms with Crippen LogP contribution in [0.5, 0.6) is 17.2 Å². The summed E-state index contributed by atoms with van der Waals surface area (Å²) < 4.78 is 17.5. The highest BCUT2D eigenvalue weighted by atomic mass is 32.1. The lowest BCUT2D eigenvalue weighted by Gasteiger charge is -2.12. The van der Waals surface area contributed by atoms with Crippen molar-refractivity contribution in [1.29, 1.82) is 0 Å². The molecule has 2 aromatic heterocycles. The van der Waals surface area contributed by atoms with E-state index in [2.05, 4.69) is 23.3 Å². The van der Waals surface area contributed by atoms with Crippen LogP contribution in [0, 0.1) is 6.92 Å². The van der Waals surface area contributed by atoms with Gasteiger partial charge in [0.15, 0.2) is 17.3 Å². The summed E-state index contributed by atoms with van der Waals surface area (Å²) in [6.45, 7) is 2.17. The molecule has 1 amide bonds. The van der Waals surface area contributed by atoms with Crippen LogP contribution in [0.25, 0.3) is 21.3 Å². The molecule has 0 saturated carbocycles. The van der Waals surface area contributed by atoms with E-state index in [0.29, 0.717) is 41.5 Å². The average molecular weight is 521 g/mol. The summed E-state index contributed by atoms with van der Waals surface area (Å²) in [5.41, 5.74) is 3.25. The number of hydrogen-bond donors (Lipinski definition) is 2. The summed E-state index contributed by atoms with van der Waals surface area (Å²) in [6.07, 6.45) is 0.482. The Morgan fingerprint density at radius 3 is 2.65 bits per heavy atom. The van der Waals surface area contributed by atoms with E-state index in [1.165, 1.54) is 24.5 Å². The largest absolute Gasteiger partial charge is 0.497 e. The van der Waals surface area contributed by atoms with E-state index in [1.54, 1.807) is 41.7 Å². The topological polar surface area (TPSA) is 107 Å². The first-order valence-electron chi connectivity index (χ1n) is 11.7. The number of aliphatic hydroxyl groups excluding tert-OH is 1. The number of methoxy groups -OCH3 is 2. The maximum atomic E-state index is 13.0. The molecule has 0 spiro atoms. The van der Waals surface area contributed by atoms with Gasteiger partial charge in [-0.25, -0.2) is 4.98 Å². The predicted octanol–water partition coefficient (Wildman–Crippen LogP) is 4.66. The van der Waals surface area contributed by atoms with Crippen LogP contribution < -0.4 is 19.5 Å². The van der Waals surface area contributed by atoms with Crippen LogP contribution in [0.15, 0.2) is 53.9 Å². The molecule has 192 valence electrons. The van der Waals surface area contributed by atoms with Crippen LogP contribution in [0.2, 0.25) is 0 Å². The van der Waals surface area contributed by atoms with Crippen molar-refractivity contribution in [2.75, 3.05) is 34.0 Å². The van der Waals surface area contributed by atoms with Gasteiger partial charge in [0.05, 0.1) is 33.1 Å². The number of aryl methyl sites for hydroxylation is 1. The molecule has 2 N–H and O–H groups in total. The summed E-state index contributed by atoms with van der Waals surface area (Å²) in [7, 11) is 3.01. The zero-order valence-corrected chi connectivity index (χ0v) is 21.7. The van der Waals surface area contributed by atoms with Crippen molar-refractivity contribution in [2.45, 2.75) is 13.3 Å². The molecular formula is C28H28N2O6S. The summed E-state index contributed by atoms with van der Waals surface area (Å²) in [5.74, 6) is 0.575. The van der Waals surface area contributed by atoms with Gasteiger partial charge in [0.25, 0.3) is 5.91 Å². The first-order valence-corrected chi connectivity index (χ1v) is 12.6. The first kappa shape index (κ1) is 26.1. The Bertz CT molecular complexity index is 1430. The van der Waals surface area contributed by atoms with Crippen molar-refractivity contribution in [3.05, 3.63) is 70.7 Å². The Labute approximate surface area is 218 Å². The van der Waals surface area contributed by atoms with E-state index in [9.17, 15) is 9.59 Å². The fourth-order valence-electron chi connectivity index (χ4n) is 3.83. The normalized spacial score (nSPS) is 10.8. The van der Waals surface area contributed by atoms with Gasteiger partial charge < -0.3 is 24.6 Å². The van der Waals surface area contributed by atoms with Crippen LogP contribution >= 0.6 is 11.3 Å². The van der Waals surface area contributed by atoms with Gasteiger partial charge in [0.1, 0.15) is 11.4 Å². The van der Waals surface area contributed by atoms with Crippen LogP contribution in [0.3, 0.4) is 0 Å². The van der Waals surface area contributed by atoms with Gasteiger partial charge in [-0.2, -0.15) is 0 Å². The van der Waals surface area contributed by atoms with E-state index in [-0.39, 0.29) is 24.6 Å². The molecular weight excluding hydrogens is 492 g/mol. The van der Waals surface area contributed by atoms with Crippen LogP contribution in [-0.4, -0.2) is 55.8 Å². The van der Waals surface area contributed by atoms with Gasteiger partial charge in [-0.1, -0.05) is 18.2 Å². The number of carbonyl (C=O) groups excluding carboxylic acids is 2. The number of pyridine rings is 1. The Hall–Kier alpha value is -3.95. The molecule has 37 heavy (non-hydrogen) atoms. The number of ether oxygens (including phenoxy) is 3. The number of rotatable bonds is 11. The summed E-state index contributed by atoms with van der Waals surface area (Å²) in [4.78, 5) is 30.4. The highest BCUT2D eigenvalue weighted by Gasteiger charge is 2.17. The standard InChI is InChI=1S/C28H28N2O6S/c1-17-6-4-7-20-21(16-37-27(17)20)22-13-19(34-2)14-23(30-22)24(32)15-29-28(33)18-8-9-25(26(12-18)35-3)36-11-5-10-31/h4,6-9,12-14,16,31H,5,10-11,15H2,1-3H3,(H,29,33). The summed E-state index contributed by atoms with van der Waals surface area (Å²) in [6, 6.07) is 14.2. The van der Waals surface area contributed by atoms with Gasteiger partial charge in [0.2, 0.25) is 0 Å². The van der Waals surface area contributed by atoms with Gasteiger partial charge in [-0.15, -0.1) is 11.3 Å². The number of aliphatic hydroxyl groups is 1. The van der Waals surface area contributed by atoms with E-state index in [4.69, 9.17) is 19.3 Å². The number of carbonyl (C=O) groups is 2. The second-order valence-corrected chi connectivity index (χ2v) is 9.16. The zero-order valence-electron chi connectivity index (χ0n) is 20.9. The molecule has 0 aliphatic rings. The molecule has 4 aromatic rings. The second kappa shape index (κ2) is 11.9. The van der Waals surface area contributed by atoms with Crippen molar-refractivity contribution in [3.8, 4) is 28.5 Å². The van der Waals surface area contributed by atoms with E-state index >= 15 is 0 Å². The molecule has 2 heterocycles. The maximum absolute atomic E-state index is 13.0. The van der Waals surface area contributed by atoms with E-state index in [1.807, 2.05) is 17.5 Å². The molecule has 8 nitrogen and oxygen atoms in total. The Morgan fingerprint density at radius 2 is 1.89 bits per heavy atom. The van der Waals surface area contributed by atoms with Crippen molar-refractivity contribution < 1.29 is 28.9 Å². The third-order valence-corrected chi connectivity index (χ3v) is 6.92. The number of Topliss-reactive ketones (excluding diaryl/α,β-unsaturated/α-hetero) is 1. The van der Waals surface area contributed by atoms with E-state index in [0.717, 1.165) is 10.9 Å². The number of amides is 1. The fourth-order valence-corrected chi connectivity index (χ4v) is 4.88. The number of ketones is 1. The molecule has 0 saturated heterocycles. The number of benzene rings is 2. The lowest BCUT2D eigenvalue weighted by Crippen LogP contribution is -2.30. The first-order chi connectivity index (χ1) is 17.9. The molecule has 4 rings (SSSR count). The molecule has 0 aliphatic carbocycles. The third-order valence-electron chi connectivity index (χ3n) is 5.79. The lowest BCUT2D eigenvalue weighted by atomic mass is 10.1. The number of aromatic nitrogens is 1. The number of fused-ring (bicyclic) bond motifs is 1. The van der Waals surface area contributed by atoms with Gasteiger partial charge in [-0.05, 0) is 30.7 Å². The Kier molecular flexibility index (Phi) is 8.37. The predicted molar refractivity (Wildman–Crippen MR) is 143 cm³/mol. The number of nitrogens with zero attached hydrogens (tertiary/aromatic N) is 1. The molecule has 2 aromatic carbocycles. The highest BCUT2D eigenvalue weighted by Crippen LogP contribution is 2.36. The average Bonchev–Trinajstić information content (AvgIpc) is 3.37. The molecule has 9 heteroatoms. The quantitative estimate of drug-likeness (QED) is 0.219. The molecule has 0 radical (unpaired) electrons. The minimum atomic E-state index is -0.434. The SMILES string of the molecule is COc1cc(C(=O)CNC(=O)c2ccc(OCCCO)c(OC)c2)nc(-c2csc3c(C)cccc23)c1. The molecule has 0 unspecified atom stereocenters.